The summed E-state index contributed by atoms with van der Waals surface area (Å²) in [5.74, 6) is 10.3. The first-order valence-electron chi connectivity index (χ1n) is 4.93. The molecule has 106 valence electrons. The second-order valence-corrected chi connectivity index (χ2v) is 3.85. The van der Waals surface area contributed by atoms with Crippen molar-refractivity contribution in [3.05, 3.63) is 5.15 Å². The number of carbonyl (C=O) groups is 2. The van der Waals surface area contributed by atoms with Crippen LogP contribution in [0.2, 0.25) is 5.15 Å². The van der Waals surface area contributed by atoms with Gasteiger partial charge in [-0.3, -0.25) is 0 Å². The number of rotatable bonds is 2. The van der Waals surface area contributed by atoms with Gasteiger partial charge in [-0.15, -0.1) is 0 Å². The van der Waals surface area contributed by atoms with Gasteiger partial charge in [-0.05, 0) is 0 Å². The van der Waals surface area contributed by atoms with Gasteiger partial charge in [-0.1, -0.05) is 11.6 Å². The van der Waals surface area contributed by atoms with Gasteiger partial charge in [0.25, 0.3) is 5.95 Å². The number of nitrogens with two attached hydrogens (primary N) is 4. The number of aromatic amines is 1. The van der Waals surface area contributed by atoms with Gasteiger partial charge in [0.05, 0.1) is 0 Å². The van der Waals surface area contributed by atoms with E-state index in [9.17, 15) is 9.59 Å². The van der Waals surface area contributed by atoms with E-state index in [4.69, 9.17) is 34.8 Å². The molecule has 0 unspecified atom stereocenters. The van der Waals surface area contributed by atoms with E-state index in [0.29, 0.717) is 10.0 Å². The Morgan fingerprint density at radius 1 is 1.05 bits per heavy atom. The molecule has 0 fully saturated rings. The molecule has 2 aromatic heterocycles. The highest BCUT2D eigenvalue weighted by molar-refractivity contribution is 6.33. The molecule has 0 aliphatic rings. The highest BCUT2D eigenvalue weighted by Crippen LogP contribution is 2.23. The van der Waals surface area contributed by atoms with Gasteiger partial charge in [0, 0.05) is 0 Å². The van der Waals surface area contributed by atoms with Crippen LogP contribution in [0.15, 0.2) is 0 Å². The van der Waals surface area contributed by atoms with Gasteiger partial charge < -0.3 is 16.5 Å². The van der Waals surface area contributed by atoms with E-state index in [1.54, 1.807) is 0 Å². The Balaban J connectivity index is 2.55. The largest absolute Gasteiger partial charge is 0.350 e. The van der Waals surface area contributed by atoms with Crippen LogP contribution < -0.4 is 33.2 Å². The molecule has 13 heteroatoms. The number of anilines is 2. The van der Waals surface area contributed by atoms with E-state index in [-0.39, 0.29) is 28.2 Å². The highest BCUT2D eigenvalue weighted by atomic mass is 35.5. The zero-order chi connectivity index (χ0) is 15.0. The van der Waals surface area contributed by atoms with E-state index in [1.165, 1.54) is 0 Å². The Morgan fingerprint density at radius 3 is 2.20 bits per heavy atom. The first-order valence-corrected chi connectivity index (χ1v) is 5.31. The number of aromatic nitrogens is 4. The zero-order valence-corrected chi connectivity index (χ0v) is 10.5. The summed E-state index contributed by atoms with van der Waals surface area (Å²) in [6, 6.07) is -1.94. The van der Waals surface area contributed by atoms with Crippen molar-refractivity contribution in [3.63, 3.8) is 0 Å². The van der Waals surface area contributed by atoms with Crippen LogP contribution in [0.25, 0.3) is 11.2 Å². The smallest absolute Gasteiger partial charge is 0.336 e. The Kier molecular flexibility index (Phi) is 3.27. The predicted octanol–water partition coefficient (Wildman–Crippen LogP) is -1.48. The highest BCUT2D eigenvalue weighted by Gasteiger charge is 2.19. The minimum Gasteiger partial charge on any atom is -0.350 e. The van der Waals surface area contributed by atoms with Crippen LogP contribution in [0.4, 0.5) is 21.5 Å². The first kappa shape index (κ1) is 13.7. The number of carbonyl (C=O) groups excluding carboxylic acids is 2. The molecule has 12 nitrogen and oxygen atoms in total. The fourth-order valence-electron chi connectivity index (χ4n) is 1.26. The van der Waals surface area contributed by atoms with Gasteiger partial charge >= 0.3 is 12.1 Å². The Bertz CT molecular complexity index is 698. The molecule has 20 heavy (non-hydrogen) atoms. The molecule has 0 spiro atoms. The molecular formula is C7H9ClN10O2. The lowest BCUT2D eigenvalue weighted by Gasteiger charge is -2.10. The maximum absolute atomic E-state index is 10.9. The standard InChI is InChI=1S/C7H9ClN10O2/c8-2-1-3(15-6(13-1)17(11)4(9)19)16-7(14-2)18(12)5(10)20/h11-12H2,(H2,9,19)(H2,10,20)(H,13,14,15,16). The number of amides is 4. The number of hydrogen-bond acceptors (Lipinski definition) is 7. The van der Waals surface area contributed by atoms with Crippen LogP contribution in [0, 0.1) is 0 Å². The number of H-pyrrole nitrogens is 1. The number of urea groups is 2. The number of hydrazine groups is 2. The van der Waals surface area contributed by atoms with Crippen LogP contribution >= 0.6 is 11.6 Å². The number of nitrogens with one attached hydrogen (secondary N) is 1. The van der Waals surface area contributed by atoms with Crippen molar-refractivity contribution < 1.29 is 9.59 Å². The fourth-order valence-corrected chi connectivity index (χ4v) is 1.47. The SMILES string of the molecule is NC(=O)N(N)c1nc(Cl)c2[nH]c(N(N)C(N)=O)nc2n1. The molecule has 0 saturated carbocycles. The third-order valence-corrected chi connectivity index (χ3v) is 2.47. The zero-order valence-electron chi connectivity index (χ0n) is 9.74. The lowest BCUT2D eigenvalue weighted by Crippen LogP contribution is -2.42. The summed E-state index contributed by atoms with van der Waals surface area (Å²) in [5.41, 5.74) is 10.2. The number of nitrogens with zero attached hydrogens (tertiary/aromatic N) is 5. The lowest BCUT2D eigenvalue weighted by atomic mass is 10.5. The number of halogens is 1. The first-order chi connectivity index (χ1) is 9.31. The molecule has 0 aliphatic heterocycles. The fraction of sp³-hybridized carbons (Fsp3) is 0. The van der Waals surface area contributed by atoms with Gasteiger partial charge in [-0.2, -0.15) is 25.0 Å². The van der Waals surface area contributed by atoms with Crippen molar-refractivity contribution in [1.29, 1.82) is 0 Å². The third-order valence-electron chi connectivity index (χ3n) is 2.20. The van der Waals surface area contributed by atoms with E-state index in [1.807, 2.05) is 0 Å². The molecular weight excluding hydrogens is 292 g/mol. The van der Waals surface area contributed by atoms with Crippen molar-refractivity contribution in [1.82, 2.24) is 19.9 Å². The van der Waals surface area contributed by atoms with E-state index < -0.39 is 12.1 Å². The van der Waals surface area contributed by atoms with Gasteiger partial charge in [0.2, 0.25) is 5.95 Å². The summed E-state index contributed by atoms with van der Waals surface area (Å²) in [5, 5.41) is 0.929. The molecule has 0 bridgehead atoms. The van der Waals surface area contributed by atoms with Crippen LogP contribution in [-0.4, -0.2) is 32.0 Å². The van der Waals surface area contributed by atoms with Crippen LogP contribution in [0.1, 0.15) is 0 Å². The molecule has 0 saturated heterocycles. The molecule has 4 amide bonds. The maximum atomic E-state index is 10.9. The molecule has 2 aromatic rings. The molecule has 0 radical (unpaired) electrons. The summed E-state index contributed by atoms with van der Waals surface area (Å²) >= 11 is 5.88. The average Bonchev–Trinajstić information content (AvgIpc) is 2.80. The summed E-state index contributed by atoms with van der Waals surface area (Å²) in [6.45, 7) is 0. The Morgan fingerprint density at radius 2 is 1.65 bits per heavy atom. The Hall–Kier alpha value is -2.70. The molecule has 9 N–H and O–H groups in total. The van der Waals surface area contributed by atoms with Crippen molar-refractivity contribution in [2.75, 3.05) is 10.0 Å². The Labute approximate surface area is 115 Å². The van der Waals surface area contributed by atoms with E-state index >= 15 is 0 Å². The third kappa shape index (κ3) is 2.25. The van der Waals surface area contributed by atoms with Crippen molar-refractivity contribution >= 4 is 46.7 Å². The summed E-state index contributed by atoms with van der Waals surface area (Å²) in [7, 11) is 0. The van der Waals surface area contributed by atoms with Crippen LogP contribution in [-0.2, 0) is 0 Å². The number of imidazole rings is 1. The topological polar surface area (TPSA) is 199 Å². The van der Waals surface area contributed by atoms with E-state index in [0.717, 1.165) is 0 Å². The summed E-state index contributed by atoms with van der Waals surface area (Å²) in [6.07, 6.45) is 0. The minimum atomic E-state index is -0.992. The second-order valence-electron chi connectivity index (χ2n) is 3.49. The number of hydrogen-bond donors (Lipinski definition) is 5. The number of fused-ring (bicyclic) bond motifs is 1. The molecule has 2 heterocycles. The van der Waals surface area contributed by atoms with Crippen LogP contribution in [0.3, 0.4) is 0 Å². The quantitative estimate of drug-likeness (QED) is 0.192. The summed E-state index contributed by atoms with van der Waals surface area (Å²) in [4.78, 5) is 35.9. The van der Waals surface area contributed by atoms with Gasteiger partial charge in [0.1, 0.15) is 5.52 Å². The molecule has 2 rings (SSSR count). The normalized spacial score (nSPS) is 10.6. The molecule has 0 aromatic carbocycles. The van der Waals surface area contributed by atoms with E-state index in [2.05, 4.69) is 19.9 Å². The maximum Gasteiger partial charge on any atom is 0.336 e. The molecule has 0 aliphatic carbocycles. The van der Waals surface area contributed by atoms with Gasteiger partial charge in [0.15, 0.2) is 10.8 Å². The summed E-state index contributed by atoms with van der Waals surface area (Å²) < 4.78 is 0. The minimum absolute atomic E-state index is 0.0170. The number of primary amides is 2. The van der Waals surface area contributed by atoms with Crippen molar-refractivity contribution in [2.24, 2.45) is 23.2 Å². The average molecular weight is 301 g/mol. The van der Waals surface area contributed by atoms with Crippen molar-refractivity contribution in [2.45, 2.75) is 0 Å². The molecule has 0 atom stereocenters. The monoisotopic (exact) mass is 300 g/mol. The van der Waals surface area contributed by atoms with Crippen molar-refractivity contribution in [3.8, 4) is 0 Å². The second kappa shape index (κ2) is 4.76. The predicted molar refractivity (Wildman–Crippen MR) is 69.2 cm³/mol. The lowest BCUT2D eigenvalue weighted by molar-refractivity contribution is 0.253. The van der Waals surface area contributed by atoms with Gasteiger partial charge in [-0.25, -0.2) is 21.3 Å². The van der Waals surface area contributed by atoms with Crippen LogP contribution in [0.5, 0.6) is 0 Å².